The number of amides is 1. The summed E-state index contributed by atoms with van der Waals surface area (Å²) in [6.07, 6.45) is 3.72. The van der Waals surface area contributed by atoms with Crippen molar-refractivity contribution < 1.29 is 23.4 Å². The van der Waals surface area contributed by atoms with E-state index < -0.39 is 23.8 Å². The van der Waals surface area contributed by atoms with Crippen LogP contribution in [0.3, 0.4) is 0 Å². The molecule has 4 aliphatic rings. The van der Waals surface area contributed by atoms with E-state index in [1.165, 1.54) is 0 Å². The summed E-state index contributed by atoms with van der Waals surface area (Å²) in [5.41, 5.74) is -0.0446. The van der Waals surface area contributed by atoms with Crippen LogP contribution in [0.25, 0.3) is 11.3 Å². The summed E-state index contributed by atoms with van der Waals surface area (Å²) in [6, 6.07) is 7.06. The molecule has 7 rings (SSSR count). The number of carbonyl (C=O) groups excluding carboxylic acids is 1. The van der Waals surface area contributed by atoms with Gasteiger partial charge >= 0.3 is 0 Å². The van der Waals surface area contributed by atoms with Crippen LogP contribution in [0, 0.1) is 11.6 Å². The van der Waals surface area contributed by atoms with Crippen molar-refractivity contribution in [3.63, 3.8) is 0 Å². The summed E-state index contributed by atoms with van der Waals surface area (Å²) >= 11 is 11.7. The largest absolute Gasteiger partial charge is 0.480 e. The lowest BCUT2D eigenvalue weighted by Gasteiger charge is -2.70. The van der Waals surface area contributed by atoms with E-state index in [2.05, 4.69) is 10.3 Å². The average molecular weight is 506 g/mol. The summed E-state index contributed by atoms with van der Waals surface area (Å²) in [4.78, 5) is 17.1. The number of fused-ring (bicyclic) bond motifs is 1. The van der Waals surface area contributed by atoms with E-state index in [4.69, 9.17) is 27.9 Å². The molecule has 2 atom stereocenters. The average Bonchev–Trinajstić information content (AvgIpc) is 3.18. The van der Waals surface area contributed by atoms with E-state index in [9.17, 15) is 18.7 Å². The van der Waals surface area contributed by atoms with Gasteiger partial charge in [0, 0.05) is 33.8 Å². The van der Waals surface area contributed by atoms with Gasteiger partial charge in [-0.2, -0.15) is 0 Å². The molecule has 34 heavy (non-hydrogen) atoms. The van der Waals surface area contributed by atoms with Crippen molar-refractivity contribution in [2.45, 2.75) is 49.0 Å². The Labute approximate surface area is 203 Å². The van der Waals surface area contributed by atoms with Gasteiger partial charge in [-0.1, -0.05) is 23.2 Å². The summed E-state index contributed by atoms with van der Waals surface area (Å²) in [6.45, 7) is 0. The zero-order valence-electron chi connectivity index (χ0n) is 17.7. The highest BCUT2D eigenvalue weighted by atomic mass is 35.5. The first-order valence-corrected chi connectivity index (χ1v) is 11.6. The van der Waals surface area contributed by atoms with E-state index in [0.717, 1.165) is 12.1 Å². The Bertz CT molecular complexity index is 1300. The van der Waals surface area contributed by atoms with Gasteiger partial charge in [0.05, 0.1) is 29.2 Å². The minimum Gasteiger partial charge on any atom is -0.480 e. The minimum atomic E-state index is -0.837. The number of benzene rings is 2. The first-order valence-electron chi connectivity index (χ1n) is 10.8. The Morgan fingerprint density at radius 2 is 1.85 bits per heavy atom. The third kappa shape index (κ3) is 3.31. The highest BCUT2D eigenvalue weighted by Crippen LogP contribution is 2.65. The first kappa shape index (κ1) is 21.8. The highest BCUT2D eigenvalue weighted by Gasteiger charge is 2.70. The minimum absolute atomic E-state index is 0.0166. The molecule has 0 radical (unpaired) electrons. The second kappa shape index (κ2) is 7.41. The number of rotatable bonds is 4. The van der Waals surface area contributed by atoms with Crippen molar-refractivity contribution in [3.8, 4) is 17.0 Å². The van der Waals surface area contributed by atoms with Crippen LogP contribution in [0.15, 0.2) is 42.9 Å². The number of aromatic nitrogens is 2. The van der Waals surface area contributed by atoms with Crippen LogP contribution < -0.4 is 10.1 Å². The zero-order chi connectivity index (χ0) is 23.8. The number of nitrogens with one attached hydrogen (secondary N) is 1. The Morgan fingerprint density at radius 1 is 1.15 bits per heavy atom. The van der Waals surface area contributed by atoms with Gasteiger partial charge in [-0.3, -0.25) is 4.79 Å². The quantitative estimate of drug-likeness (QED) is 0.535. The van der Waals surface area contributed by atoms with Crippen LogP contribution in [0.1, 0.15) is 37.4 Å². The number of aliphatic hydroxyl groups excluding tert-OH is 1. The molecule has 3 aliphatic carbocycles. The molecule has 176 valence electrons. The van der Waals surface area contributed by atoms with E-state index in [-0.39, 0.29) is 39.7 Å². The van der Waals surface area contributed by atoms with Gasteiger partial charge in [0.25, 0.3) is 5.91 Å². The number of hydrogen-bond donors (Lipinski definition) is 2. The standard InChI is InChI=1S/C24H19Cl2F2N3O3/c25-12-1-2-19-14(3-12)18(32)6-20(34-19)22(33)30-23-8-24(9-23,10-23)31-7-17(29-11-31)21-15(27)4-13(26)5-16(21)28/h1-5,7,11,18,20,32H,6,8-10H2,(H,30,33)/t18-,20-,23?,24?/m1/s1. The lowest BCUT2D eigenvalue weighted by atomic mass is 9.44. The van der Waals surface area contributed by atoms with Crippen LogP contribution in [-0.4, -0.2) is 32.2 Å². The molecule has 0 saturated heterocycles. The van der Waals surface area contributed by atoms with E-state index in [0.29, 0.717) is 35.6 Å². The fourth-order valence-corrected chi connectivity index (χ4v) is 5.93. The molecular weight excluding hydrogens is 487 g/mol. The van der Waals surface area contributed by atoms with Crippen molar-refractivity contribution in [1.82, 2.24) is 14.9 Å². The molecule has 2 heterocycles. The highest BCUT2D eigenvalue weighted by molar-refractivity contribution is 6.31. The van der Waals surface area contributed by atoms with E-state index in [1.54, 1.807) is 30.7 Å². The van der Waals surface area contributed by atoms with Crippen molar-refractivity contribution in [2.75, 3.05) is 0 Å². The van der Waals surface area contributed by atoms with Crippen LogP contribution >= 0.6 is 23.2 Å². The Morgan fingerprint density at radius 3 is 2.56 bits per heavy atom. The molecule has 3 aromatic rings. The molecule has 2 N–H and O–H groups in total. The predicted octanol–water partition coefficient (Wildman–Crippen LogP) is 4.77. The van der Waals surface area contributed by atoms with Crippen LogP contribution in [0.5, 0.6) is 5.75 Å². The molecule has 3 fully saturated rings. The lowest BCUT2D eigenvalue weighted by molar-refractivity contribution is -0.161. The second-order valence-electron chi connectivity index (χ2n) is 9.48. The fraction of sp³-hybridized carbons (Fsp3) is 0.333. The van der Waals surface area contributed by atoms with Gasteiger partial charge in [0.1, 0.15) is 17.4 Å². The van der Waals surface area contributed by atoms with Crippen LogP contribution in [0.2, 0.25) is 10.0 Å². The van der Waals surface area contributed by atoms with E-state index >= 15 is 0 Å². The number of imidazole rings is 1. The van der Waals surface area contributed by atoms with Gasteiger partial charge in [0.15, 0.2) is 6.10 Å². The molecule has 2 bridgehead atoms. The summed E-state index contributed by atoms with van der Waals surface area (Å²) in [7, 11) is 0. The fourth-order valence-electron chi connectivity index (χ4n) is 5.56. The Kier molecular flexibility index (Phi) is 4.76. The van der Waals surface area contributed by atoms with Gasteiger partial charge in [0.2, 0.25) is 0 Å². The number of aliphatic hydroxyl groups is 1. The SMILES string of the molecule is O=C(NC12CC(n3cnc(-c4c(F)cc(Cl)cc4F)c3)(C1)C2)[C@H]1C[C@@H](O)c2cc(Cl)ccc2O1. The maximum absolute atomic E-state index is 14.3. The van der Waals surface area contributed by atoms with Crippen LogP contribution in [0.4, 0.5) is 8.78 Å². The topological polar surface area (TPSA) is 76.4 Å². The molecule has 3 saturated carbocycles. The normalized spacial score (nSPS) is 28.9. The molecule has 6 nitrogen and oxygen atoms in total. The predicted molar refractivity (Wildman–Crippen MR) is 121 cm³/mol. The molecule has 1 aliphatic heterocycles. The summed E-state index contributed by atoms with van der Waals surface area (Å²) in [5, 5.41) is 14.0. The number of halogens is 4. The summed E-state index contributed by atoms with van der Waals surface area (Å²) in [5.74, 6) is -1.36. The number of ether oxygens (including phenoxy) is 1. The molecule has 0 unspecified atom stereocenters. The lowest BCUT2D eigenvalue weighted by Crippen LogP contribution is -2.79. The van der Waals surface area contributed by atoms with Crippen molar-refractivity contribution in [1.29, 1.82) is 0 Å². The van der Waals surface area contributed by atoms with Gasteiger partial charge in [-0.25, -0.2) is 13.8 Å². The molecular formula is C24H19Cl2F2N3O3. The smallest absolute Gasteiger partial charge is 0.261 e. The van der Waals surface area contributed by atoms with Crippen LogP contribution in [-0.2, 0) is 10.3 Å². The van der Waals surface area contributed by atoms with Crippen molar-refractivity contribution >= 4 is 29.1 Å². The molecule has 0 spiro atoms. The maximum atomic E-state index is 14.3. The number of hydrogen-bond acceptors (Lipinski definition) is 4. The number of carbonyl (C=O) groups is 1. The van der Waals surface area contributed by atoms with Crippen molar-refractivity contribution in [3.05, 3.63) is 70.1 Å². The molecule has 1 aromatic heterocycles. The number of nitrogens with zero attached hydrogens (tertiary/aromatic N) is 2. The third-order valence-corrected chi connectivity index (χ3v) is 7.57. The Hall–Kier alpha value is -2.68. The third-order valence-electron chi connectivity index (χ3n) is 7.11. The molecule has 1 amide bonds. The van der Waals surface area contributed by atoms with Crippen molar-refractivity contribution in [2.24, 2.45) is 0 Å². The molecule has 2 aromatic carbocycles. The van der Waals surface area contributed by atoms with Gasteiger partial charge < -0.3 is 19.7 Å². The van der Waals surface area contributed by atoms with E-state index in [1.807, 2.05) is 4.57 Å². The zero-order valence-corrected chi connectivity index (χ0v) is 19.2. The first-order chi connectivity index (χ1) is 16.2. The molecule has 10 heteroatoms. The maximum Gasteiger partial charge on any atom is 0.261 e. The Balaban J connectivity index is 1.12. The van der Waals surface area contributed by atoms with Gasteiger partial charge in [-0.15, -0.1) is 0 Å². The second-order valence-corrected chi connectivity index (χ2v) is 10.3. The van der Waals surface area contributed by atoms with Gasteiger partial charge in [-0.05, 0) is 49.6 Å². The summed E-state index contributed by atoms with van der Waals surface area (Å²) < 4.78 is 36.2. The monoisotopic (exact) mass is 505 g/mol.